The molecule has 0 aliphatic carbocycles. The van der Waals surface area contributed by atoms with Gasteiger partial charge in [-0.25, -0.2) is 0 Å². The van der Waals surface area contributed by atoms with Crippen LogP contribution in [0.5, 0.6) is 5.75 Å². The highest BCUT2D eigenvalue weighted by atomic mass is 16.5. The summed E-state index contributed by atoms with van der Waals surface area (Å²) in [5.74, 6) is 0.669. The van der Waals surface area contributed by atoms with Gasteiger partial charge in [-0.3, -0.25) is 0 Å². The van der Waals surface area contributed by atoms with Gasteiger partial charge in [-0.05, 0) is 29.3 Å². The van der Waals surface area contributed by atoms with Crippen LogP contribution >= 0.6 is 0 Å². The first-order valence-electron chi connectivity index (χ1n) is 8.74. The standard InChI is InChI=1S/C23H23N3O/c1-27-23-14-19(26-16-17-8-4-2-5-9-17)12-13-20(23)22(25)15-21(24)18-10-6-3-7-11-18/h2-15,24,26H,16,25H2,1H3/b22-15-,24-21?. The van der Waals surface area contributed by atoms with Crippen molar-refractivity contribution in [1.29, 1.82) is 5.41 Å². The number of nitrogens with two attached hydrogens (primary N) is 1. The minimum absolute atomic E-state index is 0.362. The maximum atomic E-state index is 8.23. The minimum atomic E-state index is 0.362. The Morgan fingerprint density at radius 2 is 1.67 bits per heavy atom. The van der Waals surface area contributed by atoms with E-state index in [0.29, 0.717) is 17.2 Å². The third-order valence-electron chi connectivity index (χ3n) is 4.24. The fourth-order valence-corrected chi connectivity index (χ4v) is 2.77. The molecule has 0 spiro atoms. The molecule has 0 heterocycles. The molecule has 0 saturated carbocycles. The van der Waals surface area contributed by atoms with Crippen LogP contribution in [0, 0.1) is 5.41 Å². The first-order valence-corrected chi connectivity index (χ1v) is 8.74. The van der Waals surface area contributed by atoms with E-state index in [1.165, 1.54) is 5.56 Å². The van der Waals surface area contributed by atoms with E-state index < -0.39 is 0 Å². The molecule has 136 valence electrons. The highest BCUT2D eigenvalue weighted by molar-refractivity contribution is 6.10. The first kappa shape index (κ1) is 18.3. The maximum absolute atomic E-state index is 8.23. The third kappa shape index (κ3) is 4.76. The molecule has 0 saturated heterocycles. The highest BCUT2D eigenvalue weighted by Crippen LogP contribution is 2.27. The van der Waals surface area contributed by atoms with E-state index >= 15 is 0 Å². The number of benzene rings is 3. The Morgan fingerprint density at radius 1 is 1.00 bits per heavy atom. The molecule has 4 N–H and O–H groups in total. The molecule has 0 unspecified atom stereocenters. The zero-order chi connectivity index (χ0) is 19.1. The Bertz CT molecular complexity index is 934. The summed E-state index contributed by atoms with van der Waals surface area (Å²) >= 11 is 0. The topological polar surface area (TPSA) is 71.1 Å². The summed E-state index contributed by atoms with van der Waals surface area (Å²) in [6.07, 6.45) is 1.66. The van der Waals surface area contributed by atoms with Gasteiger partial charge in [-0.1, -0.05) is 60.7 Å². The summed E-state index contributed by atoms with van der Waals surface area (Å²) in [7, 11) is 1.62. The summed E-state index contributed by atoms with van der Waals surface area (Å²) < 4.78 is 5.52. The van der Waals surface area contributed by atoms with Crippen molar-refractivity contribution in [1.82, 2.24) is 0 Å². The number of rotatable bonds is 7. The molecule has 3 rings (SSSR count). The summed E-state index contributed by atoms with van der Waals surface area (Å²) in [4.78, 5) is 0. The van der Waals surface area contributed by atoms with Gasteiger partial charge in [-0.2, -0.15) is 0 Å². The Labute approximate surface area is 159 Å². The van der Waals surface area contributed by atoms with Crippen LogP contribution in [0.4, 0.5) is 5.69 Å². The molecule has 4 nitrogen and oxygen atoms in total. The van der Waals surface area contributed by atoms with Gasteiger partial charge in [-0.15, -0.1) is 0 Å². The maximum Gasteiger partial charge on any atom is 0.130 e. The number of ether oxygens (including phenoxy) is 1. The molecule has 3 aromatic rings. The summed E-state index contributed by atoms with van der Waals surface area (Å²) in [5, 5.41) is 11.6. The smallest absolute Gasteiger partial charge is 0.130 e. The Kier molecular flexibility index (Phi) is 5.90. The number of hydrogen-bond acceptors (Lipinski definition) is 4. The van der Waals surface area contributed by atoms with Crippen molar-refractivity contribution in [3.63, 3.8) is 0 Å². The molecule has 0 bridgehead atoms. The predicted octanol–water partition coefficient (Wildman–Crippen LogP) is 4.67. The monoisotopic (exact) mass is 357 g/mol. The second-order valence-electron chi connectivity index (χ2n) is 6.13. The zero-order valence-electron chi connectivity index (χ0n) is 15.3. The van der Waals surface area contributed by atoms with Crippen molar-refractivity contribution in [2.24, 2.45) is 5.73 Å². The van der Waals surface area contributed by atoms with E-state index in [4.69, 9.17) is 15.9 Å². The highest BCUT2D eigenvalue weighted by Gasteiger charge is 2.09. The van der Waals surface area contributed by atoms with E-state index in [-0.39, 0.29) is 0 Å². The van der Waals surface area contributed by atoms with Crippen molar-refractivity contribution in [2.45, 2.75) is 6.54 Å². The van der Waals surface area contributed by atoms with Gasteiger partial charge in [0.25, 0.3) is 0 Å². The van der Waals surface area contributed by atoms with Gasteiger partial charge < -0.3 is 21.2 Å². The van der Waals surface area contributed by atoms with Gasteiger partial charge in [0.05, 0.1) is 12.8 Å². The van der Waals surface area contributed by atoms with Crippen molar-refractivity contribution in [3.05, 3.63) is 102 Å². The lowest BCUT2D eigenvalue weighted by Gasteiger charge is -2.13. The van der Waals surface area contributed by atoms with Crippen LogP contribution in [0.25, 0.3) is 5.70 Å². The van der Waals surface area contributed by atoms with E-state index in [0.717, 1.165) is 23.4 Å². The molecule has 0 radical (unpaired) electrons. The van der Waals surface area contributed by atoms with E-state index in [9.17, 15) is 0 Å². The molecule has 0 aliphatic rings. The van der Waals surface area contributed by atoms with Crippen molar-refractivity contribution >= 4 is 17.1 Å². The summed E-state index contributed by atoms with van der Waals surface area (Å²) in [6.45, 7) is 0.729. The van der Waals surface area contributed by atoms with Gasteiger partial charge in [0.15, 0.2) is 0 Å². The third-order valence-corrected chi connectivity index (χ3v) is 4.24. The number of anilines is 1. The SMILES string of the molecule is COc1cc(NCc2ccccc2)ccc1/C(N)=C/C(=N)c1ccccc1. The quantitative estimate of drug-likeness (QED) is 0.538. The predicted molar refractivity (Wildman–Crippen MR) is 112 cm³/mol. The molecular formula is C23H23N3O. The van der Waals surface area contributed by atoms with Gasteiger partial charge >= 0.3 is 0 Å². The fourth-order valence-electron chi connectivity index (χ4n) is 2.77. The van der Waals surface area contributed by atoms with E-state index in [1.807, 2.05) is 66.7 Å². The van der Waals surface area contributed by atoms with Crippen molar-refractivity contribution in [2.75, 3.05) is 12.4 Å². The van der Waals surface area contributed by atoms with Crippen LogP contribution in [-0.2, 0) is 6.54 Å². The second-order valence-corrected chi connectivity index (χ2v) is 6.13. The molecule has 3 aromatic carbocycles. The zero-order valence-corrected chi connectivity index (χ0v) is 15.3. The largest absolute Gasteiger partial charge is 0.496 e. The molecule has 0 fully saturated rings. The van der Waals surface area contributed by atoms with E-state index in [2.05, 4.69) is 17.4 Å². The van der Waals surface area contributed by atoms with Crippen LogP contribution < -0.4 is 15.8 Å². The van der Waals surface area contributed by atoms with Crippen LogP contribution in [0.1, 0.15) is 16.7 Å². The average molecular weight is 357 g/mol. The van der Waals surface area contributed by atoms with Crippen LogP contribution in [0.2, 0.25) is 0 Å². The van der Waals surface area contributed by atoms with Crippen LogP contribution in [0.15, 0.2) is 84.9 Å². The van der Waals surface area contributed by atoms with Crippen molar-refractivity contribution in [3.8, 4) is 5.75 Å². The number of methoxy groups -OCH3 is 1. The molecule has 27 heavy (non-hydrogen) atoms. The molecule has 4 heteroatoms. The first-order chi connectivity index (χ1) is 13.2. The molecule has 0 aromatic heterocycles. The van der Waals surface area contributed by atoms with Crippen LogP contribution in [0.3, 0.4) is 0 Å². The van der Waals surface area contributed by atoms with Gasteiger partial charge in [0.2, 0.25) is 0 Å². The Morgan fingerprint density at radius 3 is 2.33 bits per heavy atom. The number of allylic oxidation sites excluding steroid dienone is 1. The average Bonchev–Trinajstić information content (AvgIpc) is 2.73. The second kappa shape index (κ2) is 8.72. The Balaban J connectivity index is 1.77. The summed E-state index contributed by atoms with van der Waals surface area (Å²) in [5.41, 5.74) is 10.8. The van der Waals surface area contributed by atoms with Gasteiger partial charge in [0, 0.05) is 29.6 Å². The lowest BCUT2D eigenvalue weighted by atomic mass is 10.1. The lowest BCUT2D eigenvalue weighted by Crippen LogP contribution is -2.05. The molecule has 0 atom stereocenters. The lowest BCUT2D eigenvalue weighted by molar-refractivity contribution is 0.413. The van der Waals surface area contributed by atoms with E-state index in [1.54, 1.807) is 13.2 Å². The number of hydrogen-bond donors (Lipinski definition) is 3. The molecule has 0 amide bonds. The number of nitrogens with one attached hydrogen (secondary N) is 2. The molecule has 0 aliphatic heterocycles. The van der Waals surface area contributed by atoms with Crippen molar-refractivity contribution < 1.29 is 4.74 Å². The summed E-state index contributed by atoms with van der Waals surface area (Å²) in [6, 6.07) is 25.5. The van der Waals surface area contributed by atoms with Crippen LogP contribution in [-0.4, -0.2) is 12.8 Å². The minimum Gasteiger partial charge on any atom is -0.496 e. The normalized spacial score (nSPS) is 11.1. The Hall–Kier alpha value is -3.53. The fraction of sp³-hybridized carbons (Fsp3) is 0.0870. The van der Waals surface area contributed by atoms with Gasteiger partial charge in [0.1, 0.15) is 5.75 Å². The molecular weight excluding hydrogens is 334 g/mol.